The van der Waals surface area contributed by atoms with Gasteiger partial charge in [-0.3, -0.25) is 14.2 Å². The van der Waals surface area contributed by atoms with Crippen molar-refractivity contribution in [2.24, 2.45) is 4.99 Å². The number of isothiocyanates is 1. The Balaban J connectivity index is 0.000000252. The van der Waals surface area contributed by atoms with Crippen LogP contribution in [-0.2, 0) is 11.2 Å². The van der Waals surface area contributed by atoms with Gasteiger partial charge in [0.25, 0.3) is 5.56 Å². The first-order chi connectivity index (χ1) is 18.8. The number of aromatic amines is 1. The van der Waals surface area contributed by atoms with Gasteiger partial charge in [0.2, 0.25) is 5.91 Å². The molecule has 0 saturated heterocycles. The van der Waals surface area contributed by atoms with E-state index in [-0.39, 0.29) is 46.4 Å². The number of aromatic nitrogens is 2. The highest BCUT2D eigenvalue weighted by molar-refractivity contribution is 7.78. The van der Waals surface area contributed by atoms with Crippen molar-refractivity contribution in [1.82, 2.24) is 9.55 Å². The molecular formula is C24H18F6N4O4S2. The van der Waals surface area contributed by atoms with Crippen LogP contribution in [0.2, 0.25) is 0 Å². The number of nitrogens with zero attached hydrogens (tertiary/aromatic N) is 2. The molecule has 212 valence electrons. The second-order valence-corrected chi connectivity index (χ2v) is 8.54. The molecule has 3 aromatic rings. The molecule has 1 aromatic heterocycles. The van der Waals surface area contributed by atoms with Gasteiger partial charge in [-0.1, -0.05) is 0 Å². The molecule has 0 atom stereocenters. The van der Waals surface area contributed by atoms with Crippen LogP contribution in [-0.4, -0.2) is 46.2 Å². The summed E-state index contributed by atoms with van der Waals surface area (Å²) in [4.78, 5) is 30.5. The first kappa shape index (κ1) is 30.5. The van der Waals surface area contributed by atoms with Crippen LogP contribution >= 0.6 is 24.4 Å². The minimum Gasteiger partial charge on any atom is -0.484 e. The largest absolute Gasteiger partial charge is 0.484 e. The second kappa shape index (κ2) is 12.9. The molecule has 2 N–H and O–H groups in total. The van der Waals surface area contributed by atoms with E-state index in [1.54, 1.807) is 0 Å². The van der Waals surface area contributed by atoms with Gasteiger partial charge in [-0.25, -0.2) is 0 Å². The first-order valence-electron chi connectivity index (χ1n) is 11.1. The highest BCUT2D eigenvalue weighted by Gasteiger charge is 2.29. The summed E-state index contributed by atoms with van der Waals surface area (Å²) < 4.78 is 82.2. The summed E-state index contributed by atoms with van der Waals surface area (Å²) in [5.74, 6) is 0.235. The molecule has 1 amide bonds. The third-order valence-corrected chi connectivity index (χ3v) is 5.35. The van der Waals surface area contributed by atoms with Gasteiger partial charge in [-0.15, -0.1) is 0 Å². The molecule has 8 nitrogen and oxygen atoms in total. The van der Waals surface area contributed by atoms with Gasteiger partial charge in [-0.05, 0) is 79.4 Å². The zero-order chi connectivity index (χ0) is 29.5. The predicted octanol–water partition coefficient (Wildman–Crippen LogP) is 6.08. The number of alkyl halides is 6. The van der Waals surface area contributed by atoms with Gasteiger partial charge in [0, 0.05) is 6.42 Å². The topological polar surface area (TPSA) is 97.7 Å². The molecule has 0 bridgehead atoms. The van der Waals surface area contributed by atoms with Crippen molar-refractivity contribution in [3.63, 3.8) is 0 Å². The van der Waals surface area contributed by atoms with E-state index in [2.05, 4.69) is 42.1 Å². The fourth-order valence-electron chi connectivity index (χ4n) is 3.28. The average Bonchev–Trinajstić information content (AvgIpc) is 2.87. The predicted molar refractivity (Wildman–Crippen MR) is 138 cm³/mol. The zero-order valence-corrected chi connectivity index (χ0v) is 21.7. The summed E-state index contributed by atoms with van der Waals surface area (Å²) in [6.45, 7) is -2.70. The molecule has 0 spiro atoms. The SMILES string of the molecule is FC(F)(F)COc1ccc(N=C=S)cc1.O=C1CCc2c([nH]c(=S)n(-c3ccc(OCC(F)(F)F)cc3)c2=O)N1. The van der Waals surface area contributed by atoms with Crippen molar-refractivity contribution in [3.05, 3.63) is 69.2 Å². The lowest BCUT2D eigenvalue weighted by molar-refractivity contribution is -0.154. The third-order valence-electron chi connectivity index (χ3n) is 4.98. The van der Waals surface area contributed by atoms with Crippen molar-refractivity contribution in [2.45, 2.75) is 25.2 Å². The molecule has 0 saturated carbocycles. The number of carbonyl (C=O) groups excluding carboxylic acids is 1. The van der Waals surface area contributed by atoms with Crippen molar-refractivity contribution < 1.29 is 40.6 Å². The molecule has 16 heteroatoms. The van der Waals surface area contributed by atoms with Crippen LogP contribution in [0.15, 0.2) is 58.3 Å². The summed E-state index contributed by atoms with van der Waals surface area (Å²) in [7, 11) is 0. The van der Waals surface area contributed by atoms with Crippen molar-refractivity contribution in [2.75, 3.05) is 18.5 Å². The minimum absolute atomic E-state index is 0.0224. The number of aliphatic imine (C=N–C) groups is 1. The number of hydrogen-bond acceptors (Lipinski definition) is 7. The maximum Gasteiger partial charge on any atom is 0.422 e. The number of halogens is 6. The van der Waals surface area contributed by atoms with E-state index in [9.17, 15) is 35.9 Å². The summed E-state index contributed by atoms with van der Waals surface area (Å²) in [5.41, 5.74) is 0.906. The lowest BCUT2D eigenvalue weighted by Gasteiger charge is -2.18. The zero-order valence-electron chi connectivity index (χ0n) is 20.1. The van der Waals surface area contributed by atoms with E-state index in [0.717, 1.165) is 0 Å². The summed E-state index contributed by atoms with van der Waals surface area (Å²) in [6.07, 6.45) is -8.29. The molecular weight excluding hydrogens is 586 g/mol. The maximum atomic E-state index is 12.6. The lowest BCUT2D eigenvalue weighted by atomic mass is 10.1. The normalized spacial score (nSPS) is 12.7. The van der Waals surface area contributed by atoms with Crippen LogP contribution < -0.4 is 20.3 Å². The Bertz CT molecular complexity index is 1510. The Labute approximate surface area is 232 Å². The van der Waals surface area contributed by atoms with Gasteiger partial charge < -0.3 is 19.8 Å². The number of carbonyl (C=O) groups is 1. The van der Waals surface area contributed by atoms with Crippen LogP contribution in [0.4, 0.5) is 37.8 Å². The number of fused-ring (bicyclic) bond motifs is 1. The van der Waals surface area contributed by atoms with Crippen molar-refractivity contribution in [3.8, 4) is 17.2 Å². The smallest absolute Gasteiger partial charge is 0.422 e. The first-order valence-corrected chi connectivity index (χ1v) is 11.9. The van der Waals surface area contributed by atoms with Gasteiger partial charge in [-0.2, -0.15) is 31.3 Å². The Morgan fingerprint density at radius 1 is 0.875 bits per heavy atom. The average molecular weight is 605 g/mol. The fraction of sp³-hybridized carbons (Fsp3) is 0.250. The number of anilines is 1. The van der Waals surface area contributed by atoms with Crippen LogP contribution in [0.3, 0.4) is 0 Å². The Morgan fingerprint density at radius 3 is 1.90 bits per heavy atom. The second-order valence-electron chi connectivity index (χ2n) is 7.97. The summed E-state index contributed by atoms with van der Waals surface area (Å²) in [5, 5.41) is 4.71. The molecule has 0 aliphatic carbocycles. The monoisotopic (exact) mass is 604 g/mol. The standard InChI is InChI=1S/C15H12F3N3O3S.C9H6F3NOS/c16-15(17,18)7-24-9-3-1-8(2-4-9)21-13(23)10-5-6-11(22)19-12(10)20-14(21)25;10-9(11,12)5-14-8-3-1-7(2-4-8)13-6-15/h1-4H,5-7H2,(H,19,22)(H,20,25);1-4H,5H2. The molecule has 1 aliphatic rings. The number of H-pyrrole nitrogens is 1. The number of rotatable bonds is 6. The van der Waals surface area contributed by atoms with Crippen LogP contribution in [0.5, 0.6) is 11.5 Å². The summed E-state index contributed by atoms with van der Waals surface area (Å²) >= 11 is 9.52. The Morgan fingerprint density at radius 2 is 1.40 bits per heavy atom. The molecule has 2 aromatic carbocycles. The van der Waals surface area contributed by atoms with Crippen molar-refractivity contribution in [1.29, 1.82) is 0 Å². The molecule has 0 radical (unpaired) electrons. The van der Waals surface area contributed by atoms with E-state index in [4.69, 9.17) is 12.2 Å². The Kier molecular flexibility index (Phi) is 9.84. The van der Waals surface area contributed by atoms with Gasteiger partial charge in [0.1, 0.15) is 17.3 Å². The number of ether oxygens (including phenoxy) is 2. The maximum absolute atomic E-state index is 12.6. The van der Waals surface area contributed by atoms with E-state index in [0.29, 0.717) is 16.9 Å². The minimum atomic E-state index is -4.43. The van der Waals surface area contributed by atoms with E-state index in [1.807, 2.05) is 0 Å². The van der Waals surface area contributed by atoms with E-state index in [1.165, 1.54) is 53.1 Å². The number of nitrogens with one attached hydrogen (secondary N) is 2. The van der Waals surface area contributed by atoms with Gasteiger partial charge in [0.15, 0.2) is 18.0 Å². The van der Waals surface area contributed by atoms with E-state index < -0.39 is 25.6 Å². The molecule has 4 rings (SSSR count). The number of hydrogen-bond donors (Lipinski definition) is 2. The molecule has 1 aliphatic heterocycles. The number of thiocarbonyl (C=S) groups is 1. The lowest BCUT2D eigenvalue weighted by Crippen LogP contribution is -2.31. The molecule has 40 heavy (non-hydrogen) atoms. The van der Waals surface area contributed by atoms with Crippen LogP contribution in [0.25, 0.3) is 5.69 Å². The number of amides is 1. The van der Waals surface area contributed by atoms with Crippen LogP contribution in [0.1, 0.15) is 12.0 Å². The molecule has 0 fully saturated rings. The molecule has 2 heterocycles. The van der Waals surface area contributed by atoms with Gasteiger partial charge in [0.05, 0.1) is 22.1 Å². The number of benzene rings is 2. The quantitative estimate of drug-likeness (QED) is 0.201. The molecule has 0 unspecified atom stereocenters. The van der Waals surface area contributed by atoms with E-state index >= 15 is 0 Å². The highest BCUT2D eigenvalue weighted by Crippen LogP contribution is 2.22. The highest BCUT2D eigenvalue weighted by atomic mass is 32.1. The van der Waals surface area contributed by atoms with Crippen molar-refractivity contribution >= 4 is 47.0 Å². The summed E-state index contributed by atoms with van der Waals surface area (Å²) in [6, 6.07) is 11.3. The fourth-order valence-corrected chi connectivity index (χ4v) is 3.67. The Hall–Kier alpha value is -4.01. The van der Waals surface area contributed by atoms with Crippen LogP contribution in [0, 0.1) is 4.77 Å². The van der Waals surface area contributed by atoms with Gasteiger partial charge >= 0.3 is 12.4 Å². The third kappa shape index (κ3) is 9.03.